The molecule has 1 aliphatic heterocycles. The maximum atomic E-state index is 5.55. The lowest BCUT2D eigenvalue weighted by atomic mass is 10.1. The summed E-state index contributed by atoms with van der Waals surface area (Å²) < 4.78 is 5.55. The minimum Gasteiger partial charge on any atom is -0.377 e. The van der Waals surface area contributed by atoms with Gasteiger partial charge in [0.25, 0.3) is 0 Å². The zero-order chi connectivity index (χ0) is 9.68. The van der Waals surface area contributed by atoms with Crippen LogP contribution in [0.4, 0.5) is 0 Å². The van der Waals surface area contributed by atoms with Crippen LogP contribution in [0.25, 0.3) is 0 Å². The predicted molar refractivity (Wildman–Crippen MR) is 55.9 cm³/mol. The van der Waals surface area contributed by atoms with Crippen LogP contribution in [0.2, 0.25) is 0 Å². The van der Waals surface area contributed by atoms with Crippen molar-refractivity contribution >= 4 is 0 Å². The van der Waals surface area contributed by atoms with Gasteiger partial charge in [-0.1, -0.05) is 13.8 Å². The van der Waals surface area contributed by atoms with Gasteiger partial charge >= 0.3 is 0 Å². The maximum absolute atomic E-state index is 5.55. The average Bonchev–Trinajstić information content (AvgIpc) is 2.51. The van der Waals surface area contributed by atoms with Crippen molar-refractivity contribution in [2.45, 2.75) is 52.2 Å². The van der Waals surface area contributed by atoms with Crippen LogP contribution >= 0.6 is 0 Å². The summed E-state index contributed by atoms with van der Waals surface area (Å²) in [5.74, 6) is 0.784. The molecule has 0 aromatic heterocycles. The van der Waals surface area contributed by atoms with Crippen molar-refractivity contribution < 1.29 is 4.74 Å². The van der Waals surface area contributed by atoms with Crippen molar-refractivity contribution in [1.82, 2.24) is 5.32 Å². The molecule has 1 N–H and O–H groups in total. The highest BCUT2D eigenvalue weighted by molar-refractivity contribution is 4.70. The van der Waals surface area contributed by atoms with E-state index >= 15 is 0 Å². The van der Waals surface area contributed by atoms with Gasteiger partial charge in [0.15, 0.2) is 0 Å². The Morgan fingerprint density at radius 2 is 2.15 bits per heavy atom. The van der Waals surface area contributed by atoms with Crippen molar-refractivity contribution in [2.75, 3.05) is 13.2 Å². The summed E-state index contributed by atoms with van der Waals surface area (Å²) in [4.78, 5) is 0. The third kappa shape index (κ3) is 4.63. The fraction of sp³-hybridized carbons (Fsp3) is 1.00. The van der Waals surface area contributed by atoms with Gasteiger partial charge in [-0.05, 0) is 32.1 Å². The fourth-order valence-corrected chi connectivity index (χ4v) is 1.93. The molecule has 0 aliphatic carbocycles. The predicted octanol–water partition coefficient (Wildman–Crippen LogP) is 2.19. The molecule has 1 aliphatic rings. The van der Waals surface area contributed by atoms with Crippen molar-refractivity contribution in [3.63, 3.8) is 0 Å². The molecular weight excluding hydrogens is 162 g/mol. The van der Waals surface area contributed by atoms with Gasteiger partial charge in [0.2, 0.25) is 0 Å². The highest BCUT2D eigenvalue weighted by atomic mass is 16.5. The number of ether oxygens (including phenoxy) is 1. The topological polar surface area (TPSA) is 21.3 Å². The van der Waals surface area contributed by atoms with E-state index in [9.17, 15) is 0 Å². The summed E-state index contributed by atoms with van der Waals surface area (Å²) in [6.07, 6.45) is 4.22. The monoisotopic (exact) mass is 185 g/mol. The van der Waals surface area contributed by atoms with Crippen LogP contribution in [-0.2, 0) is 4.74 Å². The van der Waals surface area contributed by atoms with E-state index < -0.39 is 0 Å². The molecule has 1 rings (SSSR count). The Hall–Kier alpha value is -0.0800. The molecule has 13 heavy (non-hydrogen) atoms. The number of hydrogen-bond donors (Lipinski definition) is 1. The third-order valence-electron chi connectivity index (χ3n) is 2.54. The second-order valence-electron chi connectivity index (χ2n) is 4.57. The molecular formula is C11H23NO. The largest absolute Gasteiger partial charge is 0.377 e. The lowest BCUT2D eigenvalue weighted by molar-refractivity contribution is 0.107. The summed E-state index contributed by atoms with van der Waals surface area (Å²) in [7, 11) is 0. The van der Waals surface area contributed by atoms with Crippen LogP contribution in [0.15, 0.2) is 0 Å². The Bertz CT molecular complexity index is 130. The first-order valence-corrected chi connectivity index (χ1v) is 5.53. The van der Waals surface area contributed by atoms with Gasteiger partial charge in [0.05, 0.1) is 6.10 Å². The highest BCUT2D eigenvalue weighted by Gasteiger charge is 2.15. The SMILES string of the molecule is CC(C)C[C@@H](C)NC[C@@H]1CCCO1. The molecule has 2 heteroatoms. The first kappa shape index (κ1) is 11.0. The molecule has 0 saturated carbocycles. The Labute approximate surface area is 82.0 Å². The van der Waals surface area contributed by atoms with Gasteiger partial charge in [0, 0.05) is 19.2 Å². The molecule has 1 heterocycles. The molecule has 2 nitrogen and oxygen atoms in total. The summed E-state index contributed by atoms with van der Waals surface area (Å²) in [5.41, 5.74) is 0. The minimum atomic E-state index is 0.481. The van der Waals surface area contributed by atoms with Crippen molar-refractivity contribution in [1.29, 1.82) is 0 Å². The molecule has 0 aromatic carbocycles. The van der Waals surface area contributed by atoms with E-state index in [1.807, 2.05) is 0 Å². The van der Waals surface area contributed by atoms with E-state index in [-0.39, 0.29) is 0 Å². The van der Waals surface area contributed by atoms with Gasteiger partial charge < -0.3 is 10.1 Å². The fourth-order valence-electron chi connectivity index (χ4n) is 1.93. The van der Waals surface area contributed by atoms with Crippen molar-refractivity contribution in [3.8, 4) is 0 Å². The van der Waals surface area contributed by atoms with Crippen LogP contribution in [0.1, 0.15) is 40.0 Å². The summed E-state index contributed by atoms with van der Waals surface area (Å²) >= 11 is 0. The van der Waals surface area contributed by atoms with Crippen LogP contribution < -0.4 is 5.32 Å². The molecule has 1 saturated heterocycles. The van der Waals surface area contributed by atoms with Crippen LogP contribution in [0.3, 0.4) is 0 Å². The van der Waals surface area contributed by atoms with E-state index in [4.69, 9.17) is 4.74 Å². The summed E-state index contributed by atoms with van der Waals surface area (Å²) in [6.45, 7) is 8.79. The number of nitrogens with one attached hydrogen (secondary N) is 1. The molecule has 0 unspecified atom stereocenters. The van der Waals surface area contributed by atoms with E-state index in [0.717, 1.165) is 19.1 Å². The van der Waals surface area contributed by atoms with Gasteiger partial charge in [-0.15, -0.1) is 0 Å². The zero-order valence-corrected chi connectivity index (χ0v) is 9.18. The molecule has 78 valence electrons. The zero-order valence-electron chi connectivity index (χ0n) is 9.18. The standard InChI is InChI=1S/C11H23NO/c1-9(2)7-10(3)12-8-11-5-4-6-13-11/h9-12H,4-8H2,1-3H3/t10-,11+/m1/s1. The van der Waals surface area contributed by atoms with Gasteiger partial charge in [-0.2, -0.15) is 0 Å². The summed E-state index contributed by atoms with van der Waals surface area (Å²) in [5, 5.41) is 3.53. The molecule has 0 bridgehead atoms. The smallest absolute Gasteiger partial charge is 0.0700 e. The maximum Gasteiger partial charge on any atom is 0.0700 e. The number of hydrogen-bond acceptors (Lipinski definition) is 2. The molecule has 2 atom stereocenters. The lowest BCUT2D eigenvalue weighted by Gasteiger charge is -2.18. The molecule has 0 amide bonds. The van der Waals surface area contributed by atoms with Gasteiger partial charge in [-0.25, -0.2) is 0 Å². The van der Waals surface area contributed by atoms with E-state index in [0.29, 0.717) is 12.1 Å². The summed E-state index contributed by atoms with van der Waals surface area (Å²) in [6, 6.07) is 0.629. The number of rotatable bonds is 5. The lowest BCUT2D eigenvalue weighted by Crippen LogP contribution is -2.34. The first-order valence-electron chi connectivity index (χ1n) is 5.53. The van der Waals surface area contributed by atoms with E-state index in [1.54, 1.807) is 0 Å². The van der Waals surface area contributed by atoms with Crippen LogP contribution in [0.5, 0.6) is 0 Å². The average molecular weight is 185 g/mol. The van der Waals surface area contributed by atoms with Gasteiger partial charge in [-0.3, -0.25) is 0 Å². The van der Waals surface area contributed by atoms with Crippen molar-refractivity contribution in [2.24, 2.45) is 5.92 Å². The Kier molecular flexibility index (Phi) is 4.74. The molecule has 0 aromatic rings. The Balaban J connectivity index is 2.03. The highest BCUT2D eigenvalue weighted by Crippen LogP contribution is 2.11. The normalized spacial score (nSPS) is 25.4. The molecule has 0 radical (unpaired) electrons. The minimum absolute atomic E-state index is 0.481. The Morgan fingerprint density at radius 1 is 1.38 bits per heavy atom. The second-order valence-corrected chi connectivity index (χ2v) is 4.57. The molecule has 0 spiro atoms. The van der Waals surface area contributed by atoms with Crippen LogP contribution in [-0.4, -0.2) is 25.3 Å². The van der Waals surface area contributed by atoms with E-state index in [2.05, 4.69) is 26.1 Å². The Morgan fingerprint density at radius 3 is 2.69 bits per heavy atom. The van der Waals surface area contributed by atoms with Crippen molar-refractivity contribution in [3.05, 3.63) is 0 Å². The van der Waals surface area contributed by atoms with E-state index in [1.165, 1.54) is 19.3 Å². The second kappa shape index (κ2) is 5.61. The van der Waals surface area contributed by atoms with Crippen LogP contribution in [0, 0.1) is 5.92 Å². The van der Waals surface area contributed by atoms with Gasteiger partial charge in [0.1, 0.15) is 0 Å². The first-order chi connectivity index (χ1) is 6.18. The quantitative estimate of drug-likeness (QED) is 0.709. The third-order valence-corrected chi connectivity index (χ3v) is 2.54. The molecule has 1 fully saturated rings.